The number of aliphatic imine (C=N–C) groups is 1. The zero-order valence-corrected chi connectivity index (χ0v) is 14.2. The van der Waals surface area contributed by atoms with Crippen molar-refractivity contribution in [2.24, 2.45) is 4.99 Å². The maximum atomic E-state index is 11.5. The summed E-state index contributed by atoms with van der Waals surface area (Å²) in [5.74, 6) is 1.66. The van der Waals surface area contributed by atoms with E-state index in [1.807, 2.05) is 31.2 Å². The van der Waals surface area contributed by atoms with Gasteiger partial charge in [0, 0.05) is 18.8 Å². The van der Waals surface area contributed by atoms with Crippen molar-refractivity contribution in [1.29, 1.82) is 0 Å². The van der Waals surface area contributed by atoms with Gasteiger partial charge in [0.1, 0.15) is 5.75 Å². The molecule has 0 aliphatic rings. The average molecular weight is 327 g/mol. The summed E-state index contributed by atoms with van der Waals surface area (Å²) in [6.45, 7) is 5.17. The molecule has 0 spiro atoms. The average Bonchev–Trinajstić information content (AvgIpc) is 2.52. The highest BCUT2D eigenvalue weighted by atomic mass is 32.2. The topological polar surface area (TPSA) is 79.8 Å². The van der Waals surface area contributed by atoms with E-state index >= 15 is 0 Å². The first-order valence-corrected chi connectivity index (χ1v) is 9.18. The number of hydrogen-bond acceptors (Lipinski definition) is 4. The largest absolute Gasteiger partial charge is 0.497 e. The van der Waals surface area contributed by atoms with Crippen LogP contribution in [0.1, 0.15) is 19.4 Å². The Bertz CT molecular complexity index is 585. The lowest BCUT2D eigenvalue weighted by Gasteiger charge is -2.11. The monoisotopic (exact) mass is 327 g/mol. The second kappa shape index (κ2) is 9.30. The molecule has 7 heteroatoms. The Kier molecular flexibility index (Phi) is 7.73. The van der Waals surface area contributed by atoms with Gasteiger partial charge in [-0.1, -0.05) is 19.1 Å². The molecule has 2 N–H and O–H groups in total. The van der Waals surface area contributed by atoms with Crippen molar-refractivity contribution in [3.05, 3.63) is 29.8 Å². The highest BCUT2D eigenvalue weighted by molar-refractivity contribution is 7.91. The van der Waals surface area contributed by atoms with Crippen LogP contribution >= 0.6 is 0 Å². The van der Waals surface area contributed by atoms with E-state index in [0.29, 0.717) is 25.6 Å². The molecule has 0 saturated carbocycles. The van der Waals surface area contributed by atoms with Crippen molar-refractivity contribution in [2.75, 3.05) is 31.7 Å². The van der Waals surface area contributed by atoms with Crippen LogP contribution in [0.25, 0.3) is 0 Å². The minimum absolute atomic E-state index is 0.104. The third-order valence-electron chi connectivity index (χ3n) is 3.04. The number of nitrogens with zero attached hydrogens (tertiary/aromatic N) is 1. The molecule has 0 amide bonds. The van der Waals surface area contributed by atoms with Gasteiger partial charge in [0.05, 0.1) is 19.4 Å². The fourth-order valence-corrected chi connectivity index (χ4v) is 2.45. The van der Waals surface area contributed by atoms with Crippen LogP contribution in [0, 0.1) is 0 Å². The number of sulfone groups is 1. The van der Waals surface area contributed by atoms with Crippen LogP contribution in [0.15, 0.2) is 29.3 Å². The van der Waals surface area contributed by atoms with Gasteiger partial charge in [-0.25, -0.2) is 13.4 Å². The first-order valence-electron chi connectivity index (χ1n) is 7.36. The zero-order chi connectivity index (χ0) is 16.4. The molecular formula is C15H25N3O3S. The zero-order valence-electron chi connectivity index (χ0n) is 13.4. The summed E-state index contributed by atoms with van der Waals surface area (Å²) in [4.78, 5) is 4.45. The van der Waals surface area contributed by atoms with Gasteiger partial charge in [0.25, 0.3) is 0 Å². The van der Waals surface area contributed by atoms with Crippen LogP contribution in [0.4, 0.5) is 0 Å². The Balaban J connectivity index is 2.61. The number of benzene rings is 1. The van der Waals surface area contributed by atoms with Crippen molar-refractivity contribution < 1.29 is 13.2 Å². The number of guanidine groups is 1. The predicted molar refractivity (Wildman–Crippen MR) is 90.1 cm³/mol. The van der Waals surface area contributed by atoms with Crippen molar-refractivity contribution >= 4 is 15.8 Å². The SMILES string of the molecule is CCNC(=NCc1cccc(OC)c1)NCCS(=O)(=O)CC. The molecule has 0 unspecified atom stereocenters. The van der Waals surface area contributed by atoms with Crippen LogP contribution < -0.4 is 15.4 Å². The Hall–Kier alpha value is -1.76. The normalized spacial score (nSPS) is 12.0. The van der Waals surface area contributed by atoms with Gasteiger partial charge in [-0.15, -0.1) is 0 Å². The summed E-state index contributed by atoms with van der Waals surface area (Å²) in [7, 11) is -1.34. The van der Waals surface area contributed by atoms with Crippen molar-refractivity contribution in [3.63, 3.8) is 0 Å². The van der Waals surface area contributed by atoms with Crippen LogP contribution in [0.2, 0.25) is 0 Å². The van der Waals surface area contributed by atoms with E-state index in [4.69, 9.17) is 4.74 Å². The Morgan fingerprint density at radius 1 is 1.27 bits per heavy atom. The minimum Gasteiger partial charge on any atom is -0.497 e. The molecule has 6 nitrogen and oxygen atoms in total. The maximum Gasteiger partial charge on any atom is 0.191 e. The van der Waals surface area contributed by atoms with Crippen molar-refractivity contribution in [3.8, 4) is 5.75 Å². The Labute approximate surface area is 132 Å². The van der Waals surface area contributed by atoms with E-state index in [9.17, 15) is 8.42 Å². The summed E-state index contributed by atoms with van der Waals surface area (Å²) >= 11 is 0. The second-order valence-corrected chi connectivity index (χ2v) is 7.18. The summed E-state index contributed by atoms with van der Waals surface area (Å²) in [5, 5.41) is 6.14. The van der Waals surface area contributed by atoms with Crippen LogP contribution in [-0.2, 0) is 16.4 Å². The third-order valence-corrected chi connectivity index (χ3v) is 4.75. The summed E-state index contributed by atoms with van der Waals surface area (Å²) < 4.78 is 28.1. The fraction of sp³-hybridized carbons (Fsp3) is 0.533. The quantitative estimate of drug-likeness (QED) is 0.554. The molecule has 124 valence electrons. The van der Waals surface area contributed by atoms with Gasteiger partial charge in [0.15, 0.2) is 15.8 Å². The molecule has 1 aromatic rings. The highest BCUT2D eigenvalue weighted by Crippen LogP contribution is 2.13. The molecule has 0 bridgehead atoms. The Morgan fingerprint density at radius 3 is 2.68 bits per heavy atom. The highest BCUT2D eigenvalue weighted by Gasteiger charge is 2.07. The molecule has 0 aliphatic heterocycles. The van der Waals surface area contributed by atoms with Gasteiger partial charge < -0.3 is 15.4 Å². The lowest BCUT2D eigenvalue weighted by molar-refractivity contribution is 0.414. The molecule has 0 atom stereocenters. The first-order chi connectivity index (χ1) is 10.5. The van der Waals surface area contributed by atoms with Crippen molar-refractivity contribution in [1.82, 2.24) is 10.6 Å². The summed E-state index contributed by atoms with van der Waals surface area (Å²) in [6.07, 6.45) is 0. The lowest BCUT2D eigenvalue weighted by Crippen LogP contribution is -2.39. The van der Waals surface area contributed by atoms with Gasteiger partial charge in [-0.3, -0.25) is 0 Å². The molecule has 0 fully saturated rings. The fourth-order valence-electron chi connectivity index (χ4n) is 1.75. The first kappa shape index (κ1) is 18.3. The molecule has 0 saturated heterocycles. The molecule has 22 heavy (non-hydrogen) atoms. The smallest absolute Gasteiger partial charge is 0.191 e. The van der Waals surface area contributed by atoms with Crippen LogP contribution in [-0.4, -0.2) is 46.1 Å². The van der Waals surface area contributed by atoms with Crippen LogP contribution in [0.3, 0.4) is 0 Å². The van der Waals surface area contributed by atoms with Gasteiger partial charge in [-0.2, -0.15) is 0 Å². The molecule has 0 heterocycles. The second-order valence-electron chi connectivity index (χ2n) is 4.71. The van der Waals surface area contributed by atoms with E-state index in [2.05, 4.69) is 15.6 Å². The lowest BCUT2D eigenvalue weighted by atomic mass is 10.2. The molecule has 0 radical (unpaired) electrons. The Morgan fingerprint density at radius 2 is 2.05 bits per heavy atom. The minimum atomic E-state index is -2.97. The number of ether oxygens (including phenoxy) is 1. The number of nitrogens with one attached hydrogen (secondary N) is 2. The molecule has 1 rings (SSSR count). The third kappa shape index (κ3) is 6.80. The maximum absolute atomic E-state index is 11.5. The van der Waals surface area contributed by atoms with Crippen molar-refractivity contribution in [2.45, 2.75) is 20.4 Å². The van der Waals surface area contributed by atoms with Gasteiger partial charge >= 0.3 is 0 Å². The van der Waals surface area contributed by atoms with E-state index < -0.39 is 9.84 Å². The standard InChI is InChI=1S/C15H25N3O3S/c1-4-16-15(17-9-10-22(19,20)5-2)18-12-13-7-6-8-14(11-13)21-3/h6-8,11H,4-5,9-10,12H2,1-3H3,(H2,16,17,18). The van der Waals surface area contributed by atoms with Gasteiger partial charge in [0.2, 0.25) is 0 Å². The predicted octanol–water partition coefficient (Wildman–Crippen LogP) is 1.19. The van der Waals surface area contributed by atoms with E-state index in [-0.39, 0.29) is 11.5 Å². The number of hydrogen-bond donors (Lipinski definition) is 2. The van der Waals surface area contributed by atoms with E-state index in [0.717, 1.165) is 11.3 Å². The molecule has 0 aromatic heterocycles. The molecular weight excluding hydrogens is 302 g/mol. The van der Waals surface area contributed by atoms with E-state index in [1.54, 1.807) is 14.0 Å². The molecule has 1 aromatic carbocycles. The van der Waals surface area contributed by atoms with E-state index in [1.165, 1.54) is 0 Å². The van der Waals surface area contributed by atoms with Crippen LogP contribution in [0.5, 0.6) is 5.75 Å². The van der Waals surface area contributed by atoms with Gasteiger partial charge in [-0.05, 0) is 24.6 Å². The molecule has 0 aliphatic carbocycles. The summed E-state index contributed by atoms with van der Waals surface area (Å²) in [6, 6.07) is 7.69. The number of methoxy groups -OCH3 is 1. The summed E-state index contributed by atoms with van der Waals surface area (Å²) in [5.41, 5.74) is 1.03. The number of rotatable bonds is 8.